The van der Waals surface area contributed by atoms with E-state index in [4.69, 9.17) is 0 Å². The highest BCUT2D eigenvalue weighted by Gasteiger charge is 2.08. The van der Waals surface area contributed by atoms with Gasteiger partial charge in [-0.1, -0.05) is 72.6 Å². The Balaban J connectivity index is 0. The molecule has 0 amide bonds. The van der Waals surface area contributed by atoms with Crippen molar-refractivity contribution in [2.24, 2.45) is 5.41 Å². The fraction of sp³-hybridized carbons (Fsp3) is 0.867. The lowest BCUT2D eigenvalue weighted by Gasteiger charge is -2.17. The van der Waals surface area contributed by atoms with Crippen LogP contribution in [0.15, 0.2) is 0 Å². The van der Waals surface area contributed by atoms with E-state index in [2.05, 4.69) is 40.5 Å². The van der Waals surface area contributed by atoms with E-state index >= 15 is 0 Å². The Kier molecular flexibility index (Phi) is 13.2. The van der Waals surface area contributed by atoms with E-state index in [1.54, 1.807) is 0 Å². The van der Waals surface area contributed by atoms with Crippen LogP contribution in [0.5, 0.6) is 0 Å². The molecule has 0 aromatic carbocycles. The zero-order chi connectivity index (χ0) is 12.2. The monoisotopic (exact) mass is 210 g/mol. The highest BCUT2D eigenvalue weighted by atomic mass is 14.1. The molecule has 15 heavy (non-hydrogen) atoms. The second kappa shape index (κ2) is 11.6. The largest absolute Gasteiger partial charge is 0.124 e. The number of terminal acetylenes is 1. The summed E-state index contributed by atoms with van der Waals surface area (Å²) in [6.45, 7) is 9.29. The molecule has 0 aliphatic heterocycles. The van der Waals surface area contributed by atoms with Gasteiger partial charge in [0.25, 0.3) is 0 Å². The van der Waals surface area contributed by atoms with Gasteiger partial charge in [-0.3, -0.25) is 0 Å². The second-order valence-corrected chi connectivity index (χ2v) is 5.43. The first kappa shape index (κ1) is 17.0. The Hall–Kier alpha value is -0.440. The summed E-state index contributed by atoms with van der Waals surface area (Å²) in [5.41, 5.74) is 0.545. The molecule has 0 radical (unpaired) electrons. The fourth-order valence-corrected chi connectivity index (χ4v) is 1.61. The van der Waals surface area contributed by atoms with Gasteiger partial charge in [-0.2, -0.15) is 0 Å². The van der Waals surface area contributed by atoms with Crippen molar-refractivity contribution in [3.05, 3.63) is 0 Å². The van der Waals surface area contributed by atoms with Crippen molar-refractivity contribution in [2.45, 2.75) is 79.1 Å². The van der Waals surface area contributed by atoms with Crippen LogP contribution in [0, 0.1) is 18.3 Å². The molecule has 0 N–H and O–H groups in total. The standard InChI is InChI=1S/C13H28.C2H2/c1-5-6-7-8-9-10-11-12-13(2,3)4;1-2/h5-12H2,1-4H3;1-2H. The summed E-state index contributed by atoms with van der Waals surface area (Å²) >= 11 is 0. The summed E-state index contributed by atoms with van der Waals surface area (Å²) in [6, 6.07) is 0. The van der Waals surface area contributed by atoms with Crippen LogP contribution in [0.1, 0.15) is 79.1 Å². The topological polar surface area (TPSA) is 0 Å². The minimum absolute atomic E-state index is 0.545. The SMILES string of the molecule is C#C.CCCCCCCCCC(C)(C)C. The van der Waals surface area contributed by atoms with Crippen molar-refractivity contribution < 1.29 is 0 Å². The fourth-order valence-electron chi connectivity index (χ4n) is 1.61. The van der Waals surface area contributed by atoms with E-state index < -0.39 is 0 Å². The smallest absolute Gasteiger partial charge is 0.0383 e. The number of hydrogen-bond acceptors (Lipinski definition) is 0. The van der Waals surface area contributed by atoms with Crippen LogP contribution >= 0.6 is 0 Å². The van der Waals surface area contributed by atoms with Gasteiger partial charge in [0.2, 0.25) is 0 Å². The first-order valence-electron chi connectivity index (χ1n) is 6.39. The summed E-state index contributed by atoms with van der Waals surface area (Å²) in [6.07, 6.45) is 19.4. The lowest BCUT2D eigenvalue weighted by Crippen LogP contribution is -2.03. The third kappa shape index (κ3) is 19.8. The van der Waals surface area contributed by atoms with Gasteiger partial charge in [-0.25, -0.2) is 0 Å². The lowest BCUT2D eigenvalue weighted by atomic mass is 9.89. The molecule has 0 aliphatic carbocycles. The molecule has 0 unspecified atom stereocenters. The molecular formula is C15H30. The molecule has 0 aromatic rings. The van der Waals surface area contributed by atoms with E-state index in [0.717, 1.165) is 0 Å². The highest BCUT2D eigenvalue weighted by molar-refractivity contribution is 4.60. The van der Waals surface area contributed by atoms with Gasteiger partial charge in [0.15, 0.2) is 0 Å². The van der Waals surface area contributed by atoms with E-state index in [1.165, 1.54) is 51.4 Å². The third-order valence-corrected chi connectivity index (χ3v) is 2.53. The Bertz CT molecular complexity index is 125. The normalized spacial score (nSPS) is 10.5. The maximum absolute atomic E-state index is 4.00. The van der Waals surface area contributed by atoms with Crippen LogP contribution in [0.3, 0.4) is 0 Å². The Labute approximate surface area is 97.9 Å². The maximum Gasteiger partial charge on any atom is -0.0383 e. The van der Waals surface area contributed by atoms with Crippen molar-refractivity contribution in [3.63, 3.8) is 0 Å². The molecule has 0 bridgehead atoms. The van der Waals surface area contributed by atoms with Crippen molar-refractivity contribution in [1.82, 2.24) is 0 Å². The van der Waals surface area contributed by atoms with Crippen LogP contribution in [0.25, 0.3) is 0 Å². The molecule has 0 rings (SSSR count). The first-order valence-corrected chi connectivity index (χ1v) is 6.39. The average Bonchev–Trinajstić information content (AvgIpc) is 2.18. The Morgan fingerprint density at radius 1 is 0.733 bits per heavy atom. The van der Waals surface area contributed by atoms with E-state index in [0.29, 0.717) is 5.41 Å². The van der Waals surface area contributed by atoms with Gasteiger partial charge >= 0.3 is 0 Å². The first-order chi connectivity index (χ1) is 7.06. The molecule has 0 saturated carbocycles. The molecule has 90 valence electrons. The second-order valence-electron chi connectivity index (χ2n) is 5.43. The lowest BCUT2D eigenvalue weighted by molar-refractivity contribution is 0.356. The van der Waals surface area contributed by atoms with Gasteiger partial charge in [0.05, 0.1) is 0 Å². The van der Waals surface area contributed by atoms with Crippen LogP contribution in [-0.2, 0) is 0 Å². The Morgan fingerprint density at radius 3 is 1.53 bits per heavy atom. The quantitative estimate of drug-likeness (QED) is 0.388. The van der Waals surface area contributed by atoms with Gasteiger partial charge in [0.1, 0.15) is 0 Å². The molecule has 0 saturated heterocycles. The molecule has 0 heteroatoms. The molecule has 0 aromatic heterocycles. The Morgan fingerprint density at radius 2 is 1.13 bits per heavy atom. The summed E-state index contributed by atoms with van der Waals surface area (Å²) in [5.74, 6) is 0. The zero-order valence-corrected chi connectivity index (χ0v) is 11.3. The van der Waals surface area contributed by atoms with Crippen molar-refractivity contribution in [1.29, 1.82) is 0 Å². The van der Waals surface area contributed by atoms with Crippen molar-refractivity contribution >= 4 is 0 Å². The molecule has 0 fully saturated rings. The molecular weight excluding hydrogens is 180 g/mol. The summed E-state index contributed by atoms with van der Waals surface area (Å²) in [4.78, 5) is 0. The van der Waals surface area contributed by atoms with Gasteiger partial charge in [-0.05, 0) is 11.8 Å². The predicted molar refractivity (Wildman–Crippen MR) is 72.0 cm³/mol. The minimum atomic E-state index is 0.545. The average molecular weight is 210 g/mol. The highest BCUT2D eigenvalue weighted by Crippen LogP contribution is 2.22. The van der Waals surface area contributed by atoms with E-state index in [1.807, 2.05) is 0 Å². The number of hydrogen-bond donors (Lipinski definition) is 0. The van der Waals surface area contributed by atoms with Gasteiger partial charge in [-0.15, -0.1) is 12.8 Å². The summed E-state index contributed by atoms with van der Waals surface area (Å²) in [7, 11) is 0. The number of rotatable bonds is 7. The molecule has 0 nitrogen and oxygen atoms in total. The molecule has 0 heterocycles. The van der Waals surface area contributed by atoms with Gasteiger partial charge < -0.3 is 0 Å². The summed E-state index contributed by atoms with van der Waals surface area (Å²) in [5, 5.41) is 0. The molecule has 0 atom stereocenters. The minimum Gasteiger partial charge on any atom is -0.124 e. The van der Waals surface area contributed by atoms with E-state index in [9.17, 15) is 0 Å². The summed E-state index contributed by atoms with van der Waals surface area (Å²) < 4.78 is 0. The van der Waals surface area contributed by atoms with Crippen LogP contribution in [0.4, 0.5) is 0 Å². The van der Waals surface area contributed by atoms with Crippen molar-refractivity contribution in [2.75, 3.05) is 0 Å². The molecule has 0 spiro atoms. The van der Waals surface area contributed by atoms with Crippen LogP contribution in [-0.4, -0.2) is 0 Å². The third-order valence-electron chi connectivity index (χ3n) is 2.53. The van der Waals surface area contributed by atoms with Gasteiger partial charge in [0, 0.05) is 0 Å². The predicted octanol–water partition coefficient (Wildman–Crippen LogP) is 5.42. The van der Waals surface area contributed by atoms with E-state index in [-0.39, 0.29) is 0 Å². The van der Waals surface area contributed by atoms with Crippen LogP contribution < -0.4 is 0 Å². The van der Waals surface area contributed by atoms with Crippen molar-refractivity contribution in [3.8, 4) is 12.8 Å². The number of unbranched alkanes of at least 4 members (excludes halogenated alkanes) is 6. The zero-order valence-electron chi connectivity index (χ0n) is 11.3. The molecule has 0 aliphatic rings. The maximum atomic E-state index is 4.00. The van der Waals surface area contributed by atoms with Crippen LogP contribution in [0.2, 0.25) is 0 Å².